The van der Waals surface area contributed by atoms with Crippen molar-refractivity contribution in [2.45, 2.75) is 6.92 Å². The quantitative estimate of drug-likeness (QED) is 0.163. The van der Waals surface area contributed by atoms with Crippen LogP contribution in [0.25, 0.3) is 111 Å². The third kappa shape index (κ3) is 6.59. The van der Waals surface area contributed by atoms with Crippen LogP contribution in [0.2, 0.25) is 0 Å². The Hall–Kier alpha value is -8.54. The lowest BCUT2D eigenvalue weighted by molar-refractivity contribution is 1.15. The van der Waals surface area contributed by atoms with E-state index in [1.807, 2.05) is 55.5 Å². The summed E-state index contributed by atoms with van der Waals surface area (Å²) in [4.78, 5) is 14.0. The van der Waals surface area contributed by atoms with E-state index < -0.39 is 0 Å². The van der Waals surface area contributed by atoms with Gasteiger partial charge >= 0.3 is 0 Å². The molecule has 8 aromatic carbocycles. The molecule has 0 unspecified atom stereocenters. The van der Waals surface area contributed by atoms with Gasteiger partial charge in [0, 0.05) is 54.9 Å². The Kier molecular flexibility index (Phi) is 9.83. The number of fused-ring (bicyclic) bond motifs is 10. The molecule has 0 atom stereocenters. The van der Waals surface area contributed by atoms with Gasteiger partial charge in [0.25, 0.3) is 0 Å². The number of para-hydroxylation sites is 3. The molecule has 5 nitrogen and oxygen atoms in total. The summed E-state index contributed by atoms with van der Waals surface area (Å²) in [7, 11) is 0. The number of hydrogen-bond acceptors (Lipinski definition) is 2. The highest BCUT2D eigenvalue weighted by Crippen LogP contribution is 2.43. The zero-order valence-electron chi connectivity index (χ0n) is 35.4. The molecule has 304 valence electrons. The molecule has 64 heavy (non-hydrogen) atoms. The number of allylic oxidation sites excluding steroid dienone is 5. The van der Waals surface area contributed by atoms with Gasteiger partial charge in [-0.1, -0.05) is 176 Å². The van der Waals surface area contributed by atoms with Crippen LogP contribution in [0.5, 0.6) is 0 Å². The molecule has 12 aromatic rings. The van der Waals surface area contributed by atoms with E-state index in [0.29, 0.717) is 5.82 Å². The monoisotopic (exact) mass is 821 g/mol. The van der Waals surface area contributed by atoms with Crippen molar-refractivity contribution in [2.75, 3.05) is 0 Å². The largest absolute Gasteiger partial charge is 0.351 e. The lowest BCUT2D eigenvalue weighted by atomic mass is 10.0. The van der Waals surface area contributed by atoms with Crippen molar-refractivity contribution < 1.29 is 0 Å². The molecule has 4 heterocycles. The van der Waals surface area contributed by atoms with Gasteiger partial charge in [0.15, 0.2) is 5.82 Å². The molecule has 0 aliphatic heterocycles. The first-order chi connectivity index (χ1) is 31.7. The second-order valence-electron chi connectivity index (χ2n) is 15.8. The van der Waals surface area contributed by atoms with E-state index in [9.17, 15) is 0 Å². The minimum atomic E-state index is 0.711. The molecule has 0 fully saturated rings. The normalized spacial score (nSPS) is 11.8. The maximum atomic E-state index is 5.21. The first kappa shape index (κ1) is 38.4. The highest BCUT2D eigenvalue weighted by molar-refractivity contribution is 6.24. The van der Waals surface area contributed by atoms with Gasteiger partial charge in [-0.3, -0.25) is 0 Å². The van der Waals surface area contributed by atoms with Crippen molar-refractivity contribution in [3.63, 3.8) is 0 Å². The smallest absolute Gasteiger partial charge is 0.160 e. The average Bonchev–Trinajstić information content (AvgIpc) is 4.02. The lowest BCUT2D eigenvalue weighted by Gasteiger charge is -2.12. The molecular formula is C59H43N5. The third-order valence-electron chi connectivity index (χ3n) is 12.0. The summed E-state index contributed by atoms with van der Waals surface area (Å²) in [5.41, 5.74) is 15.1. The van der Waals surface area contributed by atoms with E-state index >= 15 is 0 Å². The van der Waals surface area contributed by atoms with Gasteiger partial charge in [0.2, 0.25) is 0 Å². The van der Waals surface area contributed by atoms with E-state index in [-0.39, 0.29) is 0 Å². The van der Waals surface area contributed by atoms with Crippen LogP contribution in [0.15, 0.2) is 231 Å². The molecule has 5 heteroatoms. The molecule has 0 spiro atoms. The predicted octanol–water partition coefficient (Wildman–Crippen LogP) is 15.6. The summed E-state index contributed by atoms with van der Waals surface area (Å²) in [5, 5.41) is 5.96. The van der Waals surface area contributed by atoms with Crippen LogP contribution in [0.3, 0.4) is 0 Å². The Balaban J connectivity index is 0.000000606. The summed E-state index contributed by atoms with van der Waals surface area (Å²) in [6.45, 7) is 5.49. The Morgan fingerprint density at radius 3 is 1.64 bits per heavy atom. The van der Waals surface area contributed by atoms with Gasteiger partial charge in [0.05, 0.1) is 33.3 Å². The number of aromatic nitrogens is 5. The van der Waals surface area contributed by atoms with Crippen LogP contribution >= 0.6 is 0 Å². The maximum absolute atomic E-state index is 5.21. The molecule has 0 bridgehead atoms. The summed E-state index contributed by atoms with van der Waals surface area (Å²) in [6, 6.07) is 69.1. The van der Waals surface area contributed by atoms with Crippen molar-refractivity contribution in [3.05, 3.63) is 231 Å². The van der Waals surface area contributed by atoms with E-state index in [2.05, 4.69) is 191 Å². The van der Waals surface area contributed by atoms with Crippen LogP contribution in [0.4, 0.5) is 0 Å². The van der Waals surface area contributed by atoms with Crippen LogP contribution in [0.1, 0.15) is 6.92 Å². The van der Waals surface area contributed by atoms with Gasteiger partial charge in [-0.2, -0.15) is 0 Å². The summed E-state index contributed by atoms with van der Waals surface area (Å²) < 4.78 is 4.89. The van der Waals surface area contributed by atoms with E-state index in [0.717, 1.165) is 61.3 Å². The average molecular weight is 822 g/mol. The number of benzene rings is 8. The Morgan fingerprint density at radius 2 is 1.00 bits per heavy atom. The fourth-order valence-corrected chi connectivity index (χ4v) is 9.13. The third-order valence-corrected chi connectivity index (χ3v) is 12.0. The number of hydrogen-bond donors (Lipinski definition) is 1. The molecule has 1 N–H and O–H groups in total. The zero-order chi connectivity index (χ0) is 43.0. The highest BCUT2D eigenvalue weighted by atomic mass is 15.0. The molecular weight excluding hydrogens is 779 g/mol. The highest BCUT2D eigenvalue weighted by Gasteiger charge is 2.22. The lowest BCUT2D eigenvalue weighted by Crippen LogP contribution is -1.98. The Labute approximate surface area is 371 Å². The van der Waals surface area contributed by atoms with Gasteiger partial charge < -0.3 is 14.1 Å². The summed E-state index contributed by atoms with van der Waals surface area (Å²) >= 11 is 0. The molecule has 0 aliphatic rings. The van der Waals surface area contributed by atoms with Gasteiger partial charge in [-0.05, 0) is 72.6 Å². The second kappa shape index (κ2) is 16.4. The molecule has 0 saturated heterocycles. The van der Waals surface area contributed by atoms with E-state index in [1.165, 1.54) is 43.6 Å². The molecule has 0 saturated carbocycles. The number of rotatable bonds is 7. The topological polar surface area (TPSA) is 51.4 Å². The van der Waals surface area contributed by atoms with E-state index in [1.54, 1.807) is 6.08 Å². The van der Waals surface area contributed by atoms with Crippen LogP contribution < -0.4 is 0 Å². The van der Waals surface area contributed by atoms with Crippen LogP contribution in [-0.4, -0.2) is 24.1 Å². The summed E-state index contributed by atoms with van der Waals surface area (Å²) in [5.74, 6) is 0.711. The fraction of sp³-hybridized carbons (Fsp3) is 0.0169. The second-order valence-corrected chi connectivity index (χ2v) is 15.8. The van der Waals surface area contributed by atoms with Gasteiger partial charge in [-0.25, -0.2) is 9.97 Å². The molecule has 12 rings (SSSR count). The predicted molar refractivity (Wildman–Crippen MR) is 271 cm³/mol. The molecule has 0 aliphatic carbocycles. The first-order valence-electron chi connectivity index (χ1n) is 21.7. The van der Waals surface area contributed by atoms with Crippen LogP contribution in [0, 0.1) is 0 Å². The van der Waals surface area contributed by atoms with Crippen molar-refractivity contribution in [2.24, 2.45) is 0 Å². The number of nitrogens with zero attached hydrogens (tertiary/aromatic N) is 4. The fourth-order valence-electron chi connectivity index (χ4n) is 9.13. The first-order valence-corrected chi connectivity index (χ1v) is 21.7. The van der Waals surface area contributed by atoms with Gasteiger partial charge in [-0.15, -0.1) is 0 Å². The number of aromatic amines is 1. The standard InChI is InChI=1S/C52H33N5.C7H10/c1-5-15-33(16-6-1)47-49-48(55-52(54-47)34-17-7-2-8-18-34)43-32-35(25-29-44(43)53-49)36-26-30-46-42(31-36)41-28-27-40-39-23-13-14-24-45(39)56(37-19-9-3-10-20-37)50(40)51(41)57(46)38-21-11-4-12-22-38;1-3-5-7-6-4-2/h1-32,53H;3-7H,1H2,2H3/b;6-4-,7-5-. The zero-order valence-corrected chi connectivity index (χ0v) is 35.4. The van der Waals surface area contributed by atoms with Crippen molar-refractivity contribution in [3.8, 4) is 45.1 Å². The number of nitrogens with one attached hydrogen (secondary N) is 1. The number of H-pyrrole nitrogens is 1. The minimum Gasteiger partial charge on any atom is -0.351 e. The van der Waals surface area contributed by atoms with Crippen LogP contribution in [-0.2, 0) is 0 Å². The minimum absolute atomic E-state index is 0.711. The van der Waals surface area contributed by atoms with E-state index in [4.69, 9.17) is 9.97 Å². The Bertz CT molecular complexity index is 3720. The summed E-state index contributed by atoms with van der Waals surface area (Å²) in [6.07, 6.45) is 9.51. The maximum Gasteiger partial charge on any atom is 0.160 e. The van der Waals surface area contributed by atoms with Gasteiger partial charge in [0.1, 0.15) is 5.52 Å². The van der Waals surface area contributed by atoms with Crippen molar-refractivity contribution >= 4 is 65.5 Å². The SMILES string of the molecule is C=C/C=C\C=C/C.c1ccc(-c2nc(-c3ccccc3)c3[nH]c4ccc(-c5ccc6c(c5)c5ccc7c8ccccc8n(-c8ccccc8)c7c5n6-c5ccccc5)cc4c3n2)cc1. The van der Waals surface area contributed by atoms with Crippen molar-refractivity contribution in [1.82, 2.24) is 24.1 Å². The molecule has 0 radical (unpaired) electrons. The molecule has 0 amide bonds. The van der Waals surface area contributed by atoms with Crippen molar-refractivity contribution in [1.29, 1.82) is 0 Å². The Morgan fingerprint density at radius 1 is 0.453 bits per heavy atom. The molecule has 4 aromatic heterocycles.